The summed E-state index contributed by atoms with van der Waals surface area (Å²) >= 11 is 0. The number of nitrogens with two attached hydrogens (primary N) is 1. The third-order valence-corrected chi connectivity index (χ3v) is 12.8. The van der Waals surface area contributed by atoms with Crippen LogP contribution in [0.15, 0.2) is 106 Å². The summed E-state index contributed by atoms with van der Waals surface area (Å²) in [6, 6.07) is 24.4. The van der Waals surface area contributed by atoms with Crippen LogP contribution in [-0.4, -0.2) is 92.4 Å². The van der Waals surface area contributed by atoms with Gasteiger partial charge in [-0.2, -0.15) is 4.98 Å². The molecule has 2 fully saturated rings. The van der Waals surface area contributed by atoms with Crippen LogP contribution in [0, 0.1) is 12.8 Å². The highest BCUT2D eigenvalue weighted by molar-refractivity contribution is 7.33. The highest BCUT2D eigenvalue weighted by atomic mass is 31.1. The van der Waals surface area contributed by atoms with Crippen molar-refractivity contribution < 1.29 is 51.6 Å². The van der Waals surface area contributed by atoms with Gasteiger partial charge in [-0.25, -0.2) is 14.3 Å². The molecule has 6 aromatic rings. The Morgan fingerprint density at radius 1 is 0.855 bits per heavy atom. The van der Waals surface area contributed by atoms with Crippen molar-refractivity contribution >= 4 is 37.2 Å². The highest BCUT2D eigenvalue weighted by Gasteiger charge is 2.48. The second kappa shape index (κ2) is 20.4. The number of benzene rings is 3. The molecule has 3 N–H and O–H groups in total. The number of hydrogen-bond acceptors (Lipinski definition) is 17. The van der Waals surface area contributed by atoms with E-state index in [2.05, 4.69) is 15.0 Å². The van der Waals surface area contributed by atoms with Crippen LogP contribution < -0.4 is 32.0 Å². The molecule has 5 heterocycles. The molecular formula is C47H51N7O14P+. The number of hydrogen-bond donors (Lipinski definition) is 2. The van der Waals surface area contributed by atoms with Crippen LogP contribution in [0.1, 0.15) is 73.1 Å². The maximum absolute atomic E-state index is 14.0. The molecule has 0 aliphatic carbocycles. The van der Waals surface area contributed by atoms with E-state index >= 15 is 0 Å². The van der Waals surface area contributed by atoms with Crippen LogP contribution in [-0.2, 0) is 43.0 Å². The van der Waals surface area contributed by atoms with Gasteiger partial charge in [-0.15, -0.1) is 9.05 Å². The van der Waals surface area contributed by atoms with Crippen molar-refractivity contribution in [1.82, 2.24) is 28.7 Å². The Balaban J connectivity index is 1.12. The Morgan fingerprint density at radius 3 is 2.03 bits per heavy atom. The number of nitrogens with zero attached hydrogens (tertiary/aromatic N) is 5. The van der Waals surface area contributed by atoms with E-state index < -0.39 is 91.9 Å². The Labute approximate surface area is 394 Å². The minimum Gasteiger partial charge on any atom is -0.497 e. The zero-order chi connectivity index (χ0) is 49.1. The summed E-state index contributed by atoms with van der Waals surface area (Å²) in [7, 11) is 0.166. The SMILES string of the molecule is COc1ccc(C(OC[C@H]2O[C@@H](n3cnc4c(=O)n(C(=O)C(C)C)c(N)nc43)C[C@@H]2O[P+](=O)OC[C@H]2O[C@@H](n3cc(C)c(=O)[nH]c3=O)C[C@@H]2OC(C)=O)(c2ccccc2)c2ccc(OC)cc2)cc1. The molecule has 3 aromatic carbocycles. The van der Waals surface area contributed by atoms with E-state index in [9.17, 15) is 28.5 Å². The standard InChI is InChI=1S/C47H50N7O14P/c1-26(2)43(57)54-44(58)40-41(50-45(54)48)53(25-49-40)39-21-35(68-69(60)64-24-37-34(65-28(4)55)20-38(67-37)52-22-27(3)42(56)51-46(52)59)36(66-39)23-63-47(29-10-8-7-9-11-29,30-12-16-32(61-5)17-13-30)31-14-18-33(62-6)19-15-31/h7-19,22,25-26,34-39H,20-21,23-24H2,1-6H3,(H2-,48,50,51,56,58,59)/p+1/t34-,35-,36+,37+,38+,39+/m0/s1. The van der Waals surface area contributed by atoms with Crippen molar-refractivity contribution in [2.24, 2.45) is 5.92 Å². The summed E-state index contributed by atoms with van der Waals surface area (Å²) in [5, 5.41) is 0. The molecule has 0 saturated carbocycles. The quantitative estimate of drug-likeness (QED) is 0.0698. The fraction of sp³-hybridized carbons (Fsp3) is 0.383. The number of methoxy groups -OCH3 is 2. The molecule has 2 aliphatic rings. The molecule has 21 nitrogen and oxygen atoms in total. The lowest BCUT2D eigenvalue weighted by atomic mass is 9.80. The van der Waals surface area contributed by atoms with E-state index in [-0.39, 0.29) is 42.1 Å². The van der Waals surface area contributed by atoms with Crippen molar-refractivity contribution in [3.05, 3.63) is 145 Å². The predicted molar refractivity (Wildman–Crippen MR) is 247 cm³/mol. The number of carbonyl (C=O) groups is 2. The number of nitrogens with one attached hydrogen (secondary N) is 1. The number of fused-ring (bicyclic) bond motifs is 1. The highest BCUT2D eigenvalue weighted by Crippen LogP contribution is 2.45. The summed E-state index contributed by atoms with van der Waals surface area (Å²) in [5.41, 5.74) is 5.24. The summed E-state index contributed by atoms with van der Waals surface area (Å²) in [5.74, 6) is -0.844. The Hall–Kier alpha value is -6.87. The van der Waals surface area contributed by atoms with Gasteiger partial charge in [-0.1, -0.05) is 68.4 Å². The Bertz CT molecular complexity index is 2980. The molecule has 7 atom stereocenters. The van der Waals surface area contributed by atoms with Crippen molar-refractivity contribution in [3.63, 3.8) is 0 Å². The number of H-pyrrole nitrogens is 1. The van der Waals surface area contributed by atoms with Crippen LogP contribution in [0.5, 0.6) is 11.5 Å². The molecule has 0 spiro atoms. The number of esters is 1. The van der Waals surface area contributed by atoms with Gasteiger partial charge in [0, 0.05) is 42.0 Å². The zero-order valence-electron chi connectivity index (χ0n) is 38.5. The third-order valence-electron chi connectivity index (χ3n) is 12.0. The number of aromatic amines is 1. The lowest BCUT2D eigenvalue weighted by Crippen LogP contribution is -2.38. The summed E-state index contributed by atoms with van der Waals surface area (Å²) in [6.07, 6.45) is -3.18. The average Bonchev–Trinajstić information content (AvgIpc) is 4.07. The second-order valence-corrected chi connectivity index (χ2v) is 17.7. The lowest BCUT2D eigenvalue weighted by Gasteiger charge is -2.37. The zero-order valence-corrected chi connectivity index (χ0v) is 39.4. The molecule has 69 heavy (non-hydrogen) atoms. The minimum absolute atomic E-state index is 0.00449. The van der Waals surface area contributed by atoms with Gasteiger partial charge in [0.15, 0.2) is 11.2 Å². The molecule has 8 rings (SSSR count). The van der Waals surface area contributed by atoms with E-state index in [1.54, 1.807) is 28.1 Å². The first-order valence-corrected chi connectivity index (χ1v) is 23.1. The molecule has 22 heteroatoms. The third kappa shape index (κ3) is 9.87. The number of rotatable bonds is 17. The van der Waals surface area contributed by atoms with Crippen LogP contribution in [0.4, 0.5) is 5.95 Å². The fourth-order valence-corrected chi connectivity index (χ4v) is 9.29. The van der Waals surface area contributed by atoms with Gasteiger partial charge in [0.25, 0.3) is 11.1 Å². The van der Waals surface area contributed by atoms with Crippen LogP contribution in [0.2, 0.25) is 0 Å². The first-order chi connectivity index (χ1) is 33.1. The molecule has 362 valence electrons. The van der Waals surface area contributed by atoms with Crippen molar-refractivity contribution in [3.8, 4) is 11.5 Å². The van der Waals surface area contributed by atoms with Gasteiger partial charge < -0.3 is 34.2 Å². The number of nitrogen functional groups attached to an aromatic ring is 1. The molecule has 0 bridgehead atoms. The van der Waals surface area contributed by atoms with Gasteiger partial charge in [0.1, 0.15) is 60.6 Å². The first-order valence-electron chi connectivity index (χ1n) is 22.0. The maximum Gasteiger partial charge on any atom is 0.697 e. The largest absolute Gasteiger partial charge is 0.697 e. The number of anilines is 1. The van der Waals surface area contributed by atoms with Gasteiger partial charge >= 0.3 is 19.9 Å². The van der Waals surface area contributed by atoms with Crippen LogP contribution >= 0.6 is 8.25 Å². The molecule has 2 aliphatic heterocycles. The van der Waals surface area contributed by atoms with Crippen molar-refractivity contribution in [2.45, 2.75) is 83.0 Å². The summed E-state index contributed by atoms with van der Waals surface area (Å²) < 4.78 is 65.8. The maximum atomic E-state index is 14.0. The normalized spacial score (nSPS) is 20.6. The number of aryl methyl sites for hydroxylation is 1. The first kappa shape index (κ1) is 48.6. The van der Waals surface area contributed by atoms with E-state index in [0.717, 1.165) is 21.3 Å². The molecule has 1 unspecified atom stereocenters. The van der Waals surface area contributed by atoms with Gasteiger partial charge in [0.05, 0.1) is 27.2 Å². The fourth-order valence-electron chi connectivity index (χ4n) is 8.51. The number of ether oxygens (including phenoxy) is 6. The van der Waals surface area contributed by atoms with E-state index in [1.165, 1.54) is 35.5 Å². The minimum atomic E-state index is -2.98. The topological polar surface area (TPSA) is 259 Å². The van der Waals surface area contributed by atoms with Gasteiger partial charge in [-0.05, 0) is 47.9 Å². The number of carbonyl (C=O) groups excluding carboxylic acids is 2. The lowest BCUT2D eigenvalue weighted by molar-refractivity contribution is -0.150. The predicted octanol–water partition coefficient (Wildman–Crippen LogP) is 4.92. The smallest absolute Gasteiger partial charge is 0.497 e. The molecule has 0 amide bonds. The van der Waals surface area contributed by atoms with E-state index in [4.69, 9.17) is 43.2 Å². The molecule has 2 saturated heterocycles. The van der Waals surface area contributed by atoms with E-state index in [1.807, 2.05) is 78.9 Å². The Kier molecular flexibility index (Phi) is 14.4. The molecule has 0 radical (unpaired) electrons. The summed E-state index contributed by atoms with van der Waals surface area (Å²) in [6.45, 7) is 5.41. The average molecular weight is 969 g/mol. The van der Waals surface area contributed by atoms with Crippen molar-refractivity contribution in [1.29, 1.82) is 0 Å². The van der Waals surface area contributed by atoms with Gasteiger partial charge in [-0.3, -0.25) is 33.3 Å². The number of aromatic nitrogens is 6. The van der Waals surface area contributed by atoms with Crippen molar-refractivity contribution in [2.75, 3.05) is 33.2 Å². The Morgan fingerprint density at radius 2 is 1.43 bits per heavy atom. The molecule has 3 aromatic heterocycles. The van der Waals surface area contributed by atoms with Crippen LogP contribution in [0.25, 0.3) is 11.2 Å². The monoisotopic (exact) mass is 968 g/mol. The summed E-state index contributed by atoms with van der Waals surface area (Å²) in [4.78, 5) is 74.5. The van der Waals surface area contributed by atoms with Gasteiger partial charge in [0.2, 0.25) is 11.9 Å². The van der Waals surface area contributed by atoms with E-state index in [0.29, 0.717) is 11.5 Å². The van der Waals surface area contributed by atoms with Crippen LogP contribution in [0.3, 0.4) is 0 Å². The molecular weight excluding hydrogens is 918 g/mol. The second-order valence-electron chi connectivity index (χ2n) is 16.8. The number of imidazole rings is 1.